The first-order valence-electron chi connectivity index (χ1n) is 11.8. The number of carbonyl (C=O) groups excluding carboxylic acids is 1. The molecule has 2 fully saturated rings. The van der Waals surface area contributed by atoms with E-state index in [-0.39, 0.29) is 30.3 Å². The van der Waals surface area contributed by atoms with Gasteiger partial charge in [0.2, 0.25) is 11.9 Å². The molecule has 4 heterocycles. The summed E-state index contributed by atoms with van der Waals surface area (Å²) < 4.78 is 47.7. The molecular formula is C22H31F3N8O2. The Labute approximate surface area is 201 Å². The molecule has 4 rings (SSSR count). The molecule has 10 nitrogen and oxygen atoms in total. The van der Waals surface area contributed by atoms with Gasteiger partial charge in [-0.25, -0.2) is 4.98 Å². The summed E-state index contributed by atoms with van der Waals surface area (Å²) in [6.45, 7) is 3.98. The fourth-order valence-corrected chi connectivity index (χ4v) is 4.21. The second kappa shape index (κ2) is 11.2. The Morgan fingerprint density at radius 2 is 1.97 bits per heavy atom. The molecule has 0 atom stereocenters. The lowest BCUT2D eigenvalue weighted by Gasteiger charge is -2.28. The van der Waals surface area contributed by atoms with Crippen molar-refractivity contribution in [1.82, 2.24) is 29.5 Å². The van der Waals surface area contributed by atoms with Crippen LogP contribution in [0, 0.1) is 0 Å². The van der Waals surface area contributed by atoms with E-state index in [4.69, 9.17) is 4.74 Å². The molecular weight excluding hydrogens is 465 g/mol. The first kappa shape index (κ1) is 25.2. The van der Waals surface area contributed by atoms with Crippen molar-refractivity contribution in [2.45, 2.75) is 37.9 Å². The van der Waals surface area contributed by atoms with Crippen LogP contribution in [0.5, 0.6) is 0 Å². The molecule has 2 aromatic heterocycles. The van der Waals surface area contributed by atoms with E-state index in [1.54, 1.807) is 11.1 Å². The van der Waals surface area contributed by atoms with Gasteiger partial charge in [-0.2, -0.15) is 23.3 Å². The maximum atomic E-state index is 13.5. The molecule has 35 heavy (non-hydrogen) atoms. The lowest BCUT2D eigenvalue weighted by atomic mass is 10.1. The predicted octanol–water partition coefficient (Wildman–Crippen LogP) is 2.75. The number of nitrogens with one attached hydrogen (secondary N) is 2. The number of piperidine rings is 1. The molecule has 0 spiro atoms. The van der Waals surface area contributed by atoms with Gasteiger partial charge in [0, 0.05) is 32.0 Å². The Morgan fingerprint density at radius 1 is 1.17 bits per heavy atom. The van der Waals surface area contributed by atoms with Gasteiger partial charge < -0.3 is 25.2 Å². The zero-order valence-electron chi connectivity index (χ0n) is 19.7. The molecule has 2 aromatic rings. The van der Waals surface area contributed by atoms with Gasteiger partial charge >= 0.3 is 6.18 Å². The summed E-state index contributed by atoms with van der Waals surface area (Å²) in [4.78, 5) is 23.9. The number of hydrogen-bond donors (Lipinski definition) is 2. The van der Waals surface area contributed by atoms with Gasteiger partial charge in [0.05, 0.1) is 37.6 Å². The molecule has 0 aliphatic carbocycles. The Balaban J connectivity index is 1.38. The van der Waals surface area contributed by atoms with E-state index < -0.39 is 11.7 Å². The van der Waals surface area contributed by atoms with Crippen molar-refractivity contribution in [2.24, 2.45) is 0 Å². The average Bonchev–Trinajstić information content (AvgIpc) is 3.18. The van der Waals surface area contributed by atoms with Gasteiger partial charge in [0.25, 0.3) is 0 Å². The zero-order chi connectivity index (χ0) is 24.8. The third kappa shape index (κ3) is 6.82. The lowest BCUT2D eigenvalue weighted by Crippen LogP contribution is -2.33. The first-order chi connectivity index (χ1) is 16.8. The number of nitrogens with zero attached hydrogens (tertiary/aromatic N) is 6. The smallest absolute Gasteiger partial charge is 0.379 e. The number of rotatable bonds is 8. The standard InChI is InChI=1S/C22H31F3N8O2/c1-31-8-3-17(4-9-31)33-15-16(13-28-33)29-21-27-14-18(22(23,24)25)20(30-21)26-6-2-7-32-10-12-35-11-5-19(32)34/h13-15,17H,2-12H2,1H3,(H2,26,27,29,30). The van der Waals surface area contributed by atoms with E-state index in [9.17, 15) is 18.0 Å². The van der Waals surface area contributed by atoms with Gasteiger partial charge in [0.15, 0.2) is 0 Å². The topological polar surface area (TPSA) is 100 Å². The number of aromatic nitrogens is 4. The van der Waals surface area contributed by atoms with E-state index in [0.717, 1.165) is 32.1 Å². The maximum Gasteiger partial charge on any atom is 0.421 e. The van der Waals surface area contributed by atoms with Crippen molar-refractivity contribution >= 4 is 23.4 Å². The van der Waals surface area contributed by atoms with E-state index >= 15 is 0 Å². The number of hydrogen-bond acceptors (Lipinski definition) is 8. The van der Waals surface area contributed by atoms with Gasteiger partial charge in [-0.3, -0.25) is 9.48 Å². The summed E-state index contributed by atoms with van der Waals surface area (Å²) in [7, 11) is 2.09. The summed E-state index contributed by atoms with van der Waals surface area (Å²) in [6, 6.07) is 0.287. The van der Waals surface area contributed by atoms with Gasteiger partial charge in [-0.15, -0.1) is 0 Å². The highest BCUT2D eigenvalue weighted by atomic mass is 19.4. The van der Waals surface area contributed by atoms with E-state index in [1.165, 1.54) is 0 Å². The van der Waals surface area contributed by atoms with E-state index in [1.807, 2.05) is 10.9 Å². The summed E-state index contributed by atoms with van der Waals surface area (Å²) in [5.74, 6) is -0.265. The molecule has 2 N–H and O–H groups in total. The second-order valence-corrected chi connectivity index (χ2v) is 8.85. The molecule has 2 saturated heterocycles. The van der Waals surface area contributed by atoms with Crippen LogP contribution in [-0.4, -0.2) is 88.4 Å². The number of anilines is 3. The predicted molar refractivity (Wildman–Crippen MR) is 123 cm³/mol. The Morgan fingerprint density at radius 3 is 2.74 bits per heavy atom. The molecule has 0 aromatic carbocycles. The molecule has 13 heteroatoms. The van der Waals surface area contributed by atoms with Crippen molar-refractivity contribution in [3.05, 3.63) is 24.2 Å². The molecule has 192 valence electrons. The Hall–Kier alpha value is -2.93. The Kier molecular flexibility index (Phi) is 8.06. The SMILES string of the molecule is CN1CCC(n2cc(Nc3ncc(C(F)(F)F)c(NCCCN4CCOCCC4=O)n3)cn2)CC1. The number of alkyl halides is 3. The quantitative estimate of drug-likeness (QED) is 0.539. The summed E-state index contributed by atoms with van der Waals surface area (Å²) >= 11 is 0. The average molecular weight is 497 g/mol. The monoisotopic (exact) mass is 496 g/mol. The van der Waals surface area contributed by atoms with Crippen molar-refractivity contribution in [3.63, 3.8) is 0 Å². The maximum absolute atomic E-state index is 13.5. The van der Waals surface area contributed by atoms with Crippen molar-refractivity contribution < 1.29 is 22.7 Å². The van der Waals surface area contributed by atoms with Gasteiger partial charge in [-0.05, 0) is 39.4 Å². The summed E-state index contributed by atoms with van der Waals surface area (Å²) in [5.41, 5.74) is -0.333. The summed E-state index contributed by atoms with van der Waals surface area (Å²) in [5, 5.41) is 10.1. The van der Waals surface area contributed by atoms with Gasteiger partial charge in [0.1, 0.15) is 11.4 Å². The van der Waals surface area contributed by atoms with Crippen LogP contribution in [0.15, 0.2) is 18.6 Å². The minimum Gasteiger partial charge on any atom is -0.379 e. The molecule has 1 amide bonds. The van der Waals surface area contributed by atoms with Crippen LogP contribution in [0.1, 0.15) is 37.3 Å². The van der Waals surface area contributed by atoms with Crippen LogP contribution in [-0.2, 0) is 15.7 Å². The van der Waals surface area contributed by atoms with Crippen LogP contribution in [0.3, 0.4) is 0 Å². The van der Waals surface area contributed by atoms with Crippen LogP contribution < -0.4 is 10.6 Å². The number of carbonyl (C=O) groups is 1. The number of amides is 1. The third-order valence-corrected chi connectivity index (χ3v) is 6.23. The fraction of sp³-hybridized carbons (Fsp3) is 0.636. The fourth-order valence-electron chi connectivity index (χ4n) is 4.21. The minimum absolute atomic E-state index is 0.00667. The molecule has 0 bridgehead atoms. The zero-order valence-corrected chi connectivity index (χ0v) is 19.7. The summed E-state index contributed by atoms with van der Waals surface area (Å²) in [6.07, 6.45) is 2.38. The minimum atomic E-state index is -4.60. The number of likely N-dealkylation sites (tertiary alicyclic amines) is 1. The molecule has 0 saturated carbocycles. The first-order valence-corrected chi connectivity index (χ1v) is 11.8. The Bertz CT molecular complexity index is 991. The van der Waals surface area contributed by atoms with E-state index in [2.05, 4.69) is 37.6 Å². The normalized spacial score (nSPS) is 18.5. The van der Waals surface area contributed by atoms with Crippen LogP contribution >= 0.6 is 0 Å². The number of ether oxygens (including phenoxy) is 1. The third-order valence-electron chi connectivity index (χ3n) is 6.23. The van der Waals surface area contributed by atoms with Crippen molar-refractivity contribution in [2.75, 3.05) is 63.6 Å². The van der Waals surface area contributed by atoms with Crippen LogP contribution in [0.25, 0.3) is 0 Å². The van der Waals surface area contributed by atoms with E-state index in [0.29, 0.717) is 44.8 Å². The highest BCUT2D eigenvalue weighted by Gasteiger charge is 2.35. The number of halogens is 3. The lowest BCUT2D eigenvalue weighted by molar-refractivity contribution is -0.137. The van der Waals surface area contributed by atoms with Crippen LogP contribution in [0.2, 0.25) is 0 Å². The highest BCUT2D eigenvalue weighted by Crippen LogP contribution is 2.34. The van der Waals surface area contributed by atoms with Crippen LogP contribution in [0.4, 0.5) is 30.6 Å². The van der Waals surface area contributed by atoms with Crippen molar-refractivity contribution in [1.29, 1.82) is 0 Å². The van der Waals surface area contributed by atoms with Gasteiger partial charge in [-0.1, -0.05) is 0 Å². The largest absolute Gasteiger partial charge is 0.421 e. The van der Waals surface area contributed by atoms with Crippen molar-refractivity contribution in [3.8, 4) is 0 Å². The molecule has 2 aliphatic heterocycles. The second-order valence-electron chi connectivity index (χ2n) is 8.85. The highest BCUT2D eigenvalue weighted by molar-refractivity contribution is 5.76. The molecule has 2 aliphatic rings. The molecule has 0 unspecified atom stereocenters. The molecule has 0 radical (unpaired) electrons.